The molecule has 2 N–H and O–H groups in total. The maximum Gasteiger partial charge on any atom is 0.213 e. The van der Waals surface area contributed by atoms with Gasteiger partial charge in [0, 0.05) is 50.4 Å². The highest BCUT2D eigenvalue weighted by atomic mass is 16.5. The van der Waals surface area contributed by atoms with Crippen molar-refractivity contribution in [2.75, 3.05) is 25.0 Å². The molecule has 6 nitrogen and oxygen atoms in total. The fourth-order valence-corrected chi connectivity index (χ4v) is 2.83. The van der Waals surface area contributed by atoms with E-state index in [1.165, 1.54) is 18.4 Å². The third-order valence-corrected chi connectivity index (χ3v) is 4.44. The van der Waals surface area contributed by atoms with E-state index in [4.69, 9.17) is 4.74 Å². The number of ether oxygens (including phenoxy) is 1. The summed E-state index contributed by atoms with van der Waals surface area (Å²) in [6.45, 7) is 4.57. The third-order valence-electron chi connectivity index (χ3n) is 4.44. The van der Waals surface area contributed by atoms with Gasteiger partial charge < -0.3 is 15.4 Å². The summed E-state index contributed by atoms with van der Waals surface area (Å²) >= 11 is 0. The first-order chi connectivity index (χ1) is 11.4. The number of pyridine rings is 1. The number of hydrogen-bond acceptors (Lipinski definition) is 5. The molecular formula is C17H23N5O. The fourth-order valence-electron chi connectivity index (χ4n) is 2.83. The first-order valence-corrected chi connectivity index (χ1v) is 8.41. The SMILES string of the molecule is c1cc2n(n1)C[C@@H](CNCc1ccc(OCC3CC3)nc1)CN2. The van der Waals surface area contributed by atoms with Gasteiger partial charge in [-0.05, 0) is 24.3 Å². The van der Waals surface area contributed by atoms with Crippen molar-refractivity contribution in [2.24, 2.45) is 11.8 Å². The van der Waals surface area contributed by atoms with Crippen LogP contribution in [0.4, 0.5) is 5.82 Å². The van der Waals surface area contributed by atoms with Gasteiger partial charge in [-0.2, -0.15) is 5.10 Å². The Morgan fingerprint density at radius 3 is 3.04 bits per heavy atom. The van der Waals surface area contributed by atoms with E-state index in [9.17, 15) is 0 Å². The van der Waals surface area contributed by atoms with E-state index >= 15 is 0 Å². The molecule has 1 aliphatic heterocycles. The van der Waals surface area contributed by atoms with Crippen molar-refractivity contribution in [1.82, 2.24) is 20.1 Å². The Kier molecular flexibility index (Phi) is 4.15. The molecule has 1 atom stereocenters. The molecule has 0 spiro atoms. The number of nitrogens with zero attached hydrogens (tertiary/aromatic N) is 3. The van der Waals surface area contributed by atoms with E-state index in [1.54, 1.807) is 0 Å². The van der Waals surface area contributed by atoms with Gasteiger partial charge in [0.25, 0.3) is 0 Å². The Labute approximate surface area is 136 Å². The Morgan fingerprint density at radius 2 is 2.22 bits per heavy atom. The molecule has 2 aromatic rings. The topological polar surface area (TPSA) is 64.0 Å². The van der Waals surface area contributed by atoms with Crippen molar-refractivity contribution in [3.05, 3.63) is 36.2 Å². The molecule has 2 aliphatic rings. The van der Waals surface area contributed by atoms with Crippen LogP contribution >= 0.6 is 0 Å². The van der Waals surface area contributed by atoms with Crippen LogP contribution in [0.15, 0.2) is 30.6 Å². The number of aromatic nitrogens is 3. The first kappa shape index (κ1) is 14.5. The second-order valence-corrected chi connectivity index (χ2v) is 6.54. The second kappa shape index (κ2) is 6.58. The Hall–Kier alpha value is -2.08. The van der Waals surface area contributed by atoms with Gasteiger partial charge in [-0.3, -0.25) is 0 Å². The normalized spacial score (nSPS) is 19.9. The predicted molar refractivity (Wildman–Crippen MR) is 88.4 cm³/mol. The highest BCUT2D eigenvalue weighted by Gasteiger charge is 2.22. The minimum Gasteiger partial charge on any atom is -0.477 e. The lowest BCUT2D eigenvalue weighted by molar-refractivity contribution is 0.288. The highest BCUT2D eigenvalue weighted by Crippen LogP contribution is 2.29. The average Bonchev–Trinajstić information content (AvgIpc) is 3.30. The molecule has 0 unspecified atom stereocenters. The molecule has 122 valence electrons. The average molecular weight is 313 g/mol. The summed E-state index contributed by atoms with van der Waals surface area (Å²) in [4.78, 5) is 4.38. The fraction of sp³-hybridized carbons (Fsp3) is 0.529. The summed E-state index contributed by atoms with van der Waals surface area (Å²) in [6, 6.07) is 6.08. The summed E-state index contributed by atoms with van der Waals surface area (Å²) in [5.41, 5.74) is 1.19. The maximum absolute atomic E-state index is 5.66. The predicted octanol–water partition coefficient (Wildman–Crippen LogP) is 1.90. The molecule has 0 saturated heterocycles. The van der Waals surface area contributed by atoms with Crippen molar-refractivity contribution in [3.8, 4) is 5.88 Å². The van der Waals surface area contributed by atoms with Crippen molar-refractivity contribution < 1.29 is 4.74 Å². The third kappa shape index (κ3) is 3.82. The van der Waals surface area contributed by atoms with Gasteiger partial charge in [-0.1, -0.05) is 6.07 Å². The molecule has 3 heterocycles. The summed E-state index contributed by atoms with van der Waals surface area (Å²) in [5, 5.41) is 11.2. The quantitative estimate of drug-likeness (QED) is 0.817. The number of nitrogens with one attached hydrogen (secondary N) is 2. The summed E-state index contributed by atoms with van der Waals surface area (Å²) < 4.78 is 7.69. The van der Waals surface area contributed by atoms with Gasteiger partial charge in [0.15, 0.2) is 0 Å². The Morgan fingerprint density at radius 1 is 1.26 bits per heavy atom. The first-order valence-electron chi connectivity index (χ1n) is 8.41. The molecule has 4 rings (SSSR count). The smallest absolute Gasteiger partial charge is 0.213 e. The molecule has 2 aromatic heterocycles. The standard InChI is InChI=1S/C17H23N5O/c1-2-13(1)12-23-17-4-3-14(9-20-17)7-18-8-15-10-19-16-5-6-21-22(16)11-15/h3-6,9,13,15,18-19H,1-2,7-8,10-12H2/t15-/m0/s1. The molecular weight excluding hydrogens is 290 g/mol. The lowest BCUT2D eigenvalue weighted by Crippen LogP contribution is -2.35. The van der Waals surface area contributed by atoms with Crippen molar-refractivity contribution >= 4 is 5.82 Å². The van der Waals surface area contributed by atoms with Gasteiger partial charge >= 0.3 is 0 Å². The maximum atomic E-state index is 5.66. The lowest BCUT2D eigenvalue weighted by atomic mass is 10.1. The van der Waals surface area contributed by atoms with E-state index in [1.807, 2.05) is 29.2 Å². The van der Waals surface area contributed by atoms with Crippen LogP contribution in [0.3, 0.4) is 0 Å². The van der Waals surface area contributed by atoms with Gasteiger partial charge in [-0.15, -0.1) is 0 Å². The van der Waals surface area contributed by atoms with E-state index in [2.05, 4.69) is 26.8 Å². The zero-order chi connectivity index (χ0) is 15.5. The number of rotatable bonds is 7. The zero-order valence-electron chi connectivity index (χ0n) is 13.2. The van der Waals surface area contributed by atoms with Crippen LogP contribution in [0, 0.1) is 11.8 Å². The van der Waals surface area contributed by atoms with Crippen LogP contribution < -0.4 is 15.4 Å². The van der Waals surface area contributed by atoms with Gasteiger partial charge in [0.1, 0.15) is 5.82 Å². The number of fused-ring (bicyclic) bond motifs is 1. The molecule has 0 amide bonds. The molecule has 0 radical (unpaired) electrons. The van der Waals surface area contributed by atoms with Crippen LogP contribution in [0.1, 0.15) is 18.4 Å². The van der Waals surface area contributed by atoms with E-state index < -0.39 is 0 Å². The van der Waals surface area contributed by atoms with Crippen molar-refractivity contribution in [3.63, 3.8) is 0 Å². The molecule has 6 heteroatoms. The Bertz CT molecular complexity index is 635. The highest BCUT2D eigenvalue weighted by molar-refractivity contribution is 5.35. The van der Waals surface area contributed by atoms with Crippen LogP contribution in [0.2, 0.25) is 0 Å². The molecule has 1 saturated carbocycles. The molecule has 1 fully saturated rings. The van der Waals surface area contributed by atoms with E-state index in [0.717, 1.165) is 50.4 Å². The Balaban J connectivity index is 1.20. The number of anilines is 1. The molecule has 1 aliphatic carbocycles. The lowest BCUT2D eigenvalue weighted by Gasteiger charge is -2.25. The summed E-state index contributed by atoms with van der Waals surface area (Å²) in [7, 11) is 0. The van der Waals surface area contributed by atoms with Crippen molar-refractivity contribution in [2.45, 2.75) is 25.9 Å². The van der Waals surface area contributed by atoms with Crippen LogP contribution in [0.25, 0.3) is 0 Å². The minimum atomic E-state index is 0.552. The van der Waals surface area contributed by atoms with E-state index in [-0.39, 0.29) is 0 Å². The molecule has 0 aromatic carbocycles. The van der Waals surface area contributed by atoms with E-state index in [0.29, 0.717) is 5.92 Å². The zero-order valence-corrected chi connectivity index (χ0v) is 13.2. The monoisotopic (exact) mass is 313 g/mol. The number of hydrogen-bond donors (Lipinski definition) is 2. The largest absolute Gasteiger partial charge is 0.477 e. The molecule has 0 bridgehead atoms. The van der Waals surface area contributed by atoms with Crippen LogP contribution in [0.5, 0.6) is 5.88 Å². The van der Waals surface area contributed by atoms with Gasteiger partial charge in [-0.25, -0.2) is 9.67 Å². The van der Waals surface area contributed by atoms with Gasteiger partial charge in [0.05, 0.1) is 12.8 Å². The van der Waals surface area contributed by atoms with Crippen LogP contribution in [-0.2, 0) is 13.1 Å². The summed E-state index contributed by atoms with van der Waals surface area (Å²) in [5.74, 6) is 3.17. The summed E-state index contributed by atoms with van der Waals surface area (Å²) in [6.07, 6.45) is 6.35. The van der Waals surface area contributed by atoms with Crippen molar-refractivity contribution in [1.29, 1.82) is 0 Å². The van der Waals surface area contributed by atoms with Crippen LogP contribution in [-0.4, -0.2) is 34.5 Å². The molecule has 23 heavy (non-hydrogen) atoms. The minimum absolute atomic E-state index is 0.552. The second-order valence-electron chi connectivity index (χ2n) is 6.54. The van der Waals surface area contributed by atoms with Gasteiger partial charge in [0.2, 0.25) is 5.88 Å².